The van der Waals surface area contributed by atoms with Gasteiger partial charge in [-0.05, 0) is 0 Å². The third-order valence-electron chi connectivity index (χ3n) is 8.60. The molecule has 4 aliphatic carbocycles. The van der Waals surface area contributed by atoms with Crippen molar-refractivity contribution < 1.29 is 45.2 Å². The first-order valence-electron chi connectivity index (χ1n) is 14.0. The Kier molecular flexibility index (Phi) is 10.8. The van der Waals surface area contributed by atoms with Crippen molar-refractivity contribution >= 4 is 17.0 Å². The van der Waals surface area contributed by atoms with Crippen LogP contribution in [0.25, 0.3) is 0 Å². The molecule has 0 saturated heterocycles. The van der Waals surface area contributed by atoms with Crippen LogP contribution < -0.4 is 24.8 Å². The van der Waals surface area contributed by atoms with Crippen molar-refractivity contribution in [1.82, 2.24) is 0 Å². The van der Waals surface area contributed by atoms with Crippen LogP contribution in [0, 0.1) is 0 Å². The summed E-state index contributed by atoms with van der Waals surface area (Å²) in [6.45, 7) is 10.1. The molecule has 41 heavy (non-hydrogen) atoms. The predicted molar refractivity (Wildman–Crippen MR) is 166 cm³/mol. The number of hydrogen-bond acceptors (Lipinski definition) is 0. The van der Waals surface area contributed by atoms with Crippen LogP contribution in [0.1, 0.15) is 36.8 Å². The molecular formula is C36H35Cl3SiZr. The molecule has 4 unspecified atom stereocenters. The Bertz CT molecular complexity index is 1590. The van der Waals surface area contributed by atoms with E-state index in [-0.39, 0.29) is 30.7 Å². The van der Waals surface area contributed by atoms with Crippen LogP contribution in [0.3, 0.4) is 0 Å². The Morgan fingerprint density at radius 1 is 0.610 bits per heavy atom. The van der Waals surface area contributed by atoms with E-state index in [0.29, 0.717) is 13.2 Å². The Labute approximate surface area is 271 Å². The van der Waals surface area contributed by atoms with Crippen LogP contribution in [0.15, 0.2) is 149 Å². The molecule has 0 aliphatic heterocycles. The zero-order chi connectivity index (χ0) is 27.1. The number of rotatable bonds is 4. The van der Waals surface area contributed by atoms with Gasteiger partial charge in [0, 0.05) is 0 Å². The molecule has 0 amide bonds. The zero-order valence-corrected chi connectivity index (χ0v) is 29.6. The molecule has 0 heterocycles. The van der Waals surface area contributed by atoms with Gasteiger partial charge in [-0.25, -0.2) is 0 Å². The molecule has 2 aromatic rings. The molecule has 0 spiro atoms. The van der Waals surface area contributed by atoms with Crippen LogP contribution in [0.5, 0.6) is 0 Å². The summed E-state index contributed by atoms with van der Waals surface area (Å²) in [6.07, 6.45) is 23.9. The van der Waals surface area contributed by atoms with Crippen molar-refractivity contribution in [1.29, 1.82) is 0 Å². The maximum absolute atomic E-state index is 6.26. The van der Waals surface area contributed by atoms with Crippen molar-refractivity contribution in [3.63, 3.8) is 0 Å². The standard InChI is InChI=1S/C17H14Cl.C17H15.C2H6Si.2ClH.Zr/c1-12-10-14-4-2-3-5-16(17(14)11-12)13-6-8-15(18)9-7-13;1-13-11-15-9-5-6-10-16(17(15)12-13)14-7-3-2-4-8-14;1-3-2;;;/h2-11,16H,1H3;2-12,16H,1H3;1-2H3;2*1H;/q;;;;;+2/p-2. The first-order valence-corrected chi connectivity index (χ1v) is 23.4. The van der Waals surface area contributed by atoms with Gasteiger partial charge in [-0.3, -0.25) is 0 Å². The summed E-state index contributed by atoms with van der Waals surface area (Å²) in [5, 5.41) is 0.798. The van der Waals surface area contributed by atoms with E-state index < -0.39 is 25.8 Å². The van der Waals surface area contributed by atoms with E-state index in [2.05, 4.69) is 130 Å². The summed E-state index contributed by atoms with van der Waals surface area (Å²) >= 11 is 4.13. The molecule has 0 radical (unpaired) electrons. The summed E-state index contributed by atoms with van der Waals surface area (Å²) in [4.78, 5) is 0. The van der Waals surface area contributed by atoms with Gasteiger partial charge in [0.2, 0.25) is 0 Å². The van der Waals surface area contributed by atoms with E-state index in [1.165, 1.54) is 22.3 Å². The Hall–Kier alpha value is -1.67. The van der Waals surface area contributed by atoms with Crippen molar-refractivity contribution in [3.8, 4) is 0 Å². The Balaban J connectivity index is 0.00000194. The van der Waals surface area contributed by atoms with Crippen LogP contribution in [-0.4, -0.2) is 5.43 Å². The largest absolute Gasteiger partial charge is 1.00 e. The van der Waals surface area contributed by atoms with Gasteiger partial charge in [0.1, 0.15) is 0 Å². The van der Waals surface area contributed by atoms with Gasteiger partial charge >= 0.3 is 248 Å². The minimum atomic E-state index is -2.13. The fourth-order valence-corrected chi connectivity index (χ4v) is 27.8. The second-order valence-electron chi connectivity index (χ2n) is 11.3. The number of benzene rings is 2. The van der Waals surface area contributed by atoms with Crippen LogP contribution in [0.2, 0.25) is 25.4 Å². The molecule has 4 atom stereocenters. The van der Waals surface area contributed by atoms with Crippen LogP contribution >= 0.6 is 11.6 Å². The SMILES string of the molecule is CC1=CC2=C(C=CC=CC2c2ccccc2)[CH]1[Zr+2]([CH]1C(C)=CC2=C1C=CC=CC2c1ccc(Cl)cc1)=[Si](C)C.[Cl-].[Cl-]. The smallest absolute Gasteiger partial charge is 1.00 e. The van der Waals surface area contributed by atoms with E-state index in [4.69, 9.17) is 11.6 Å². The third kappa shape index (κ3) is 6.20. The van der Waals surface area contributed by atoms with E-state index in [1.807, 2.05) is 12.1 Å². The Morgan fingerprint density at radius 2 is 1.07 bits per heavy atom. The average molecular weight is 693 g/mol. The topological polar surface area (TPSA) is 0 Å². The minimum absolute atomic E-state index is 0. The molecule has 208 valence electrons. The molecule has 6 rings (SSSR count). The molecule has 5 heteroatoms. The van der Waals surface area contributed by atoms with Crippen molar-refractivity contribution in [3.05, 3.63) is 165 Å². The van der Waals surface area contributed by atoms with E-state index in [9.17, 15) is 0 Å². The van der Waals surface area contributed by atoms with Gasteiger partial charge < -0.3 is 24.8 Å². The summed E-state index contributed by atoms with van der Waals surface area (Å²) in [5.41, 5.74) is 11.7. The molecule has 0 aromatic heterocycles. The quantitative estimate of drug-likeness (QED) is 0.417. The minimum Gasteiger partial charge on any atom is -1.00 e. The molecule has 0 saturated carbocycles. The van der Waals surface area contributed by atoms with Gasteiger partial charge in [0.05, 0.1) is 0 Å². The molecule has 4 aliphatic rings. The number of allylic oxidation sites excluding steroid dienone is 16. The molecule has 0 nitrogen and oxygen atoms in total. The van der Waals surface area contributed by atoms with Gasteiger partial charge in [-0.1, -0.05) is 0 Å². The van der Waals surface area contributed by atoms with Gasteiger partial charge in [-0.15, -0.1) is 0 Å². The zero-order valence-electron chi connectivity index (χ0n) is 23.9. The summed E-state index contributed by atoms with van der Waals surface area (Å²) in [5.74, 6) is 0.608. The predicted octanol–water partition coefficient (Wildman–Crippen LogP) is 4.43. The monoisotopic (exact) mass is 690 g/mol. The Morgan fingerprint density at radius 3 is 1.54 bits per heavy atom. The maximum Gasteiger partial charge on any atom is -1.00 e. The molecule has 2 aromatic carbocycles. The maximum atomic E-state index is 6.26. The third-order valence-corrected chi connectivity index (χ3v) is 28.8. The number of halogens is 3. The fourth-order valence-electron chi connectivity index (χ4n) is 6.93. The van der Waals surface area contributed by atoms with Crippen LogP contribution in [-0.2, 0) is 20.4 Å². The first kappa shape index (κ1) is 32.2. The second-order valence-corrected chi connectivity index (χ2v) is 29.6. The molecule has 0 bridgehead atoms. The van der Waals surface area contributed by atoms with Crippen molar-refractivity contribution in [2.45, 2.75) is 46.0 Å². The van der Waals surface area contributed by atoms with Gasteiger partial charge in [0.25, 0.3) is 0 Å². The summed E-state index contributed by atoms with van der Waals surface area (Å²) in [7, 11) is 0. The first-order chi connectivity index (χ1) is 18.9. The van der Waals surface area contributed by atoms with Crippen LogP contribution in [0.4, 0.5) is 0 Å². The fraction of sp³-hybridized carbons (Fsp3) is 0.222. The van der Waals surface area contributed by atoms with E-state index in [0.717, 1.165) is 5.02 Å². The molecular weight excluding hydrogens is 658 g/mol. The van der Waals surface area contributed by atoms with E-state index >= 15 is 0 Å². The summed E-state index contributed by atoms with van der Waals surface area (Å²) < 4.78 is 1.25. The average Bonchev–Trinajstić information content (AvgIpc) is 3.21. The molecule has 0 fully saturated rings. The van der Waals surface area contributed by atoms with Gasteiger partial charge in [-0.2, -0.15) is 0 Å². The normalized spacial score (nSPS) is 23.8. The van der Waals surface area contributed by atoms with Crippen molar-refractivity contribution in [2.75, 3.05) is 0 Å². The van der Waals surface area contributed by atoms with Crippen molar-refractivity contribution in [2.24, 2.45) is 0 Å². The van der Waals surface area contributed by atoms with Gasteiger partial charge in [0.15, 0.2) is 0 Å². The van der Waals surface area contributed by atoms with E-state index in [1.54, 1.807) is 22.3 Å². The molecule has 0 N–H and O–H groups in total. The number of hydrogen-bond donors (Lipinski definition) is 0. The second kappa shape index (κ2) is 13.7. The summed E-state index contributed by atoms with van der Waals surface area (Å²) in [6, 6.07) is 19.5.